The molecule has 0 aliphatic rings. The van der Waals surface area contributed by atoms with Crippen molar-refractivity contribution in [3.8, 4) is 0 Å². The zero-order valence-electron chi connectivity index (χ0n) is 12.6. The Labute approximate surface area is 128 Å². The Morgan fingerprint density at radius 2 is 1.91 bits per heavy atom. The average molecular weight is 304 g/mol. The average Bonchev–Trinajstić information content (AvgIpc) is 2.45. The van der Waals surface area contributed by atoms with Gasteiger partial charge in [0.15, 0.2) is 0 Å². The van der Waals surface area contributed by atoms with Crippen LogP contribution >= 0.6 is 0 Å². The highest BCUT2D eigenvalue weighted by molar-refractivity contribution is 5.92. The minimum absolute atomic E-state index is 0.0876. The van der Waals surface area contributed by atoms with Crippen LogP contribution in [0.2, 0.25) is 0 Å². The molecule has 0 atom stereocenters. The SMILES string of the molecule is Cc1ccc(F)cc1NC(=O)CN(C)Cc1ccccc1F. The number of hydrogen-bond donors (Lipinski definition) is 1. The third kappa shape index (κ3) is 4.36. The first-order valence-electron chi connectivity index (χ1n) is 6.93. The lowest BCUT2D eigenvalue weighted by molar-refractivity contribution is -0.117. The first-order valence-corrected chi connectivity index (χ1v) is 6.93. The van der Waals surface area contributed by atoms with Crippen LogP contribution in [0.25, 0.3) is 0 Å². The number of halogens is 2. The molecule has 0 spiro atoms. The molecule has 2 aromatic carbocycles. The second kappa shape index (κ2) is 7.13. The van der Waals surface area contributed by atoms with Crippen LogP contribution < -0.4 is 5.32 Å². The number of amides is 1. The van der Waals surface area contributed by atoms with Crippen molar-refractivity contribution in [2.75, 3.05) is 18.9 Å². The second-order valence-corrected chi connectivity index (χ2v) is 5.27. The number of carbonyl (C=O) groups is 1. The van der Waals surface area contributed by atoms with Gasteiger partial charge in [0.2, 0.25) is 5.91 Å². The minimum atomic E-state index is -0.402. The Morgan fingerprint density at radius 1 is 1.18 bits per heavy atom. The number of anilines is 1. The van der Waals surface area contributed by atoms with E-state index in [9.17, 15) is 13.6 Å². The van der Waals surface area contributed by atoms with E-state index in [1.165, 1.54) is 18.2 Å². The molecule has 0 saturated heterocycles. The topological polar surface area (TPSA) is 32.3 Å². The molecule has 116 valence electrons. The standard InChI is InChI=1S/C17H18F2N2O/c1-12-7-8-14(18)9-16(12)20-17(22)11-21(2)10-13-5-3-4-6-15(13)19/h3-9H,10-11H2,1-2H3,(H,20,22). The van der Waals surface area contributed by atoms with Crippen LogP contribution in [-0.4, -0.2) is 24.4 Å². The Hall–Kier alpha value is -2.27. The minimum Gasteiger partial charge on any atom is -0.325 e. The molecule has 2 rings (SSSR count). The Kier molecular flexibility index (Phi) is 5.22. The van der Waals surface area contributed by atoms with Crippen molar-refractivity contribution in [2.24, 2.45) is 0 Å². The van der Waals surface area contributed by atoms with E-state index >= 15 is 0 Å². The number of aryl methyl sites for hydroxylation is 1. The molecule has 3 nitrogen and oxygen atoms in total. The van der Waals surface area contributed by atoms with Crippen molar-refractivity contribution < 1.29 is 13.6 Å². The van der Waals surface area contributed by atoms with Crippen molar-refractivity contribution >= 4 is 11.6 Å². The van der Waals surface area contributed by atoms with Crippen LogP contribution in [0.15, 0.2) is 42.5 Å². The van der Waals surface area contributed by atoms with Gasteiger partial charge in [-0.25, -0.2) is 8.78 Å². The maximum absolute atomic E-state index is 13.6. The first-order chi connectivity index (χ1) is 10.5. The first kappa shape index (κ1) is 16.1. The van der Waals surface area contributed by atoms with Crippen molar-refractivity contribution in [2.45, 2.75) is 13.5 Å². The van der Waals surface area contributed by atoms with Gasteiger partial charge in [-0.05, 0) is 37.7 Å². The van der Waals surface area contributed by atoms with E-state index in [1.807, 2.05) is 0 Å². The highest BCUT2D eigenvalue weighted by atomic mass is 19.1. The summed E-state index contributed by atoms with van der Waals surface area (Å²) in [6.45, 7) is 2.20. The van der Waals surface area contributed by atoms with Crippen LogP contribution in [0.5, 0.6) is 0 Å². The summed E-state index contributed by atoms with van der Waals surface area (Å²) >= 11 is 0. The summed E-state index contributed by atoms with van der Waals surface area (Å²) in [4.78, 5) is 13.7. The van der Waals surface area contributed by atoms with E-state index in [-0.39, 0.29) is 18.3 Å². The maximum atomic E-state index is 13.6. The summed E-state index contributed by atoms with van der Waals surface area (Å²) in [5.41, 5.74) is 1.76. The van der Waals surface area contributed by atoms with Gasteiger partial charge in [0.05, 0.1) is 6.54 Å². The number of rotatable bonds is 5. The summed E-state index contributed by atoms with van der Waals surface area (Å²) in [6.07, 6.45) is 0. The molecule has 0 saturated carbocycles. The molecule has 0 fully saturated rings. The monoisotopic (exact) mass is 304 g/mol. The lowest BCUT2D eigenvalue weighted by Gasteiger charge is -2.17. The molecule has 0 radical (unpaired) electrons. The summed E-state index contributed by atoms with van der Waals surface area (Å²) in [6, 6.07) is 10.7. The van der Waals surface area contributed by atoms with Crippen molar-refractivity contribution in [1.82, 2.24) is 4.90 Å². The fourth-order valence-electron chi connectivity index (χ4n) is 2.14. The van der Waals surface area contributed by atoms with Gasteiger partial charge < -0.3 is 5.32 Å². The molecule has 5 heteroatoms. The number of likely N-dealkylation sites (N-methyl/N-ethyl adjacent to an activating group) is 1. The van der Waals surface area contributed by atoms with Gasteiger partial charge in [-0.1, -0.05) is 24.3 Å². The summed E-state index contributed by atoms with van der Waals surface area (Å²) < 4.78 is 26.8. The molecule has 1 amide bonds. The van der Waals surface area contributed by atoms with Gasteiger partial charge in [-0.15, -0.1) is 0 Å². The predicted octanol–water partition coefficient (Wildman–Crippen LogP) is 3.34. The highest BCUT2D eigenvalue weighted by Crippen LogP contribution is 2.16. The normalized spacial score (nSPS) is 10.8. The smallest absolute Gasteiger partial charge is 0.238 e. The fraction of sp³-hybridized carbons (Fsp3) is 0.235. The number of nitrogens with zero attached hydrogens (tertiary/aromatic N) is 1. The van der Waals surface area contributed by atoms with E-state index in [0.717, 1.165) is 5.56 Å². The van der Waals surface area contributed by atoms with Crippen LogP contribution in [0.4, 0.5) is 14.5 Å². The molecule has 0 unspecified atom stereocenters. The number of hydrogen-bond acceptors (Lipinski definition) is 2. The lowest BCUT2D eigenvalue weighted by atomic mass is 10.2. The predicted molar refractivity (Wildman–Crippen MR) is 82.5 cm³/mol. The zero-order chi connectivity index (χ0) is 16.1. The fourth-order valence-corrected chi connectivity index (χ4v) is 2.14. The molecule has 0 bridgehead atoms. The maximum Gasteiger partial charge on any atom is 0.238 e. The third-order valence-electron chi connectivity index (χ3n) is 3.29. The van der Waals surface area contributed by atoms with Crippen LogP contribution in [-0.2, 0) is 11.3 Å². The largest absolute Gasteiger partial charge is 0.325 e. The Bertz CT molecular complexity index is 673. The van der Waals surface area contributed by atoms with Gasteiger partial charge in [0, 0.05) is 17.8 Å². The molecule has 0 heterocycles. The summed E-state index contributed by atoms with van der Waals surface area (Å²) in [5.74, 6) is -0.969. The van der Waals surface area contributed by atoms with Gasteiger partial charge >= 0.3 is 0 Å². The molecular formula is C17H18F2N2O. The summed E-state index contributed by atoms with van der Waals surface area (Å²) in [7, 11) is 1.73. The van der Waals surface area contributed by atoms with Crippen molar-refractivity contribution in [1.29, 1.82) is 0 Å². The molecule has 0 aromatic heterocycles. The van der Waals surface area contributed by atoms with E-state index < -0.39 is 5.82 Å². The van der Waals surface area contributed by atoms with Gasteiger partial charge in [-0.3, -0.25) is 9.69 Å². The number of nitrogens with one attached hydrogen (secondary N) is 1. The Balaban J connectivity index is 1.94. The highest BCUT2D eigenvalue weighted by Gasteiger charge is 2.11. The van der Waals surface area contributed by atoms with E-state index in [4.69, 9.17) is 0 Å². The third-order valence-corrected chi connectivity index (χ3v) is 3.29. The molecular weight excluding hydrogens is 286 g/mol. The zero-order valence-corrected chi connectivity index (χ0v) is 12.6. The number of benzene rings is 2. The van der Waals surface area contributed by atoms with Crippen LogP contribution in [0.3, 0.4) is 0 Å². The van der Waals surface area contributed by atoms with Crippen LogP contribution in [0, 0.1) is 18.6 Å². The lowest BCUT2D eigenvalue weighted by Crippen LogP contribution is -2.30. The van der Waals surface area contributed by atoms with Crippen molar-refractivity contribution in [3.05, 3.63) is 65.2 Å². The molecule has 1 N–H and O–H groups in total. The quantitative estimate of drug-likeness (QED) is 0.919. The van der Waals surface area contributed by atoms with Gasteiger partial charge in [0.25, 0.3) is 0 Å². The Morgan fingerprint density at radius 3 is 2.64 bits per heavy atom. The van der Waals surface area contributed by atoms with Crippen molar-refractivity contribution in [3.63, 3.8) is 0 Å². The van der Waals surface area contributed by atoms with E-state index in [2.05, 4.69) is 5.32 Å². The molecule has 22 heavy (non-hydrogen) atoms. The van der Waals surface area contributed by atoms with Gasteiger partial charge in [0.1, 0.15) is 11.6 Å². The summed E-state index contributed by atoms with van der Waals surface area (Å²) in [5, 5.41) is 2.67. The molecule has 0 aliphatic heterocycles. The molecule has 0 aliphatic carbocycles. The molecule has 2 aromatic rings. The van der Waals surface area contributed by atoms with E-state index in [0.29, 0.717) is 17.8 Å². The second-order valence-electron chi connectivity index (χ2n) is 5.27. The number of carbonyl (C=O) groups excluding carboxylic acids is 1. The van der Waals surface area contributed by atoms with E-state index in [1.54, 1.807) is 43.1 Å². The van der Waals surface area contributed by atoms with Crippen LogP contribution in [0.1, 0.15) is 11.1 Å². The van der Waals surface area contributed by atoms with Gasteiger partial charge in [-0.2, -0.15) is 0 Å².